The molecule has 0 saturated carbocycles. The molecule has 0 aliphatic carbocycles. The summed E-state index contributed by atoms with van der Waals surface area (Å²) >= 11 is 1.20. The number of carboxylic acid groups (broad SMARTS) is 1. The molecule has 0 radical (unpaired) electrons. The maximum absolute atomic E-state index is 10.7. The predicted molar refractivity (Wildman–Crippen MR) is 78.8 cm³/mol. The SMILES string of the molecule is CCCn1c(SCC(=O)O)nnc1-c1cccc(C)c1. The normalized spacial score (nSPS) is 10.7. The van der Waals surface area contributed by atoms with Crippen molar-refractivity contribution in [3.8, 4) is 11.4 Å². The minimum atomic E-state index is -0.849. The number of carbonyl (C=O) groups is 1. The third-order valence-corrected chi connectivity index (χ3v) is 3.72. The summed E-state index contributed by atoms with van der Waals surface area (Å²) in [5.41, 5.74) is 2.17. The Labute approximate surface area is 122 Å². The van der Waals surface area contributed by atoms with Crippen LogP contribution in [0.3, 0.4) is 0 Å². The molecule has 0 spiro atoms. The van der Waals surface area contributed by atoms with Crippen LogP contribution in [0.2, 0.25) is 0 Å². The molecule has 106 valence electrons. The zero-order valence-electron chi connectivity index (χ0n) is 11.5. The van der Waals surface area contributed by atoms with Crippen LogP contribution in [0.1, 0.15) is 18.9 Å². The lowest BCUT2D eigenvalue weighted by Crippen LogP contribution is -2.04. The highest BCUT2D eigenvalue weighted by Crippen LogP contribution is 2.24. The van der Waals surface area contributed by atoms with Gasteiger partial charge in [0.15, 0.2) is 11.0 Å². The Kier molecular flexibility index (Phi) is 4.79. The first kappa shape index (κ1) is 14.6. The molecule has 0 saturated heterocycles. The predicted octanol–water partition coefficient (Wildman–Crippen LogP) is 2.84. The van der Waals surface area contributed by atoms with Crippen molar-refractivity contribution in [2.45, 2.75) is 32.0 Å². The van der Waals surface area contributed by atoms with E-state index in [9.17, 15) is 4.79 Å². The largest absolute Gasteiger partial charge is 0.481 e. The maximum Gasteiger partial charge on any atom is 0.313 e. The molecule has 2 rings (SSSR count). The van der Waals surface area contributed by atoms with Crippen molar-refractivity contribution >= 4 is 17.7 Å². The van der Waals surface area contributed by atoms with Gasteiger partial charge in [0.1, 0.15) is 0 Å². The van der Waals surface area contributed by atoms with E-state index >= 15 is 0 Å². The molecule has 6 heteroatoms. The Balaban J connectivity index is 2.35. The van der Waals surface area contributed by atoms with Crippen molar-refractivity contribution < 1.29 is 9.90 Å². The minimum Gasteiger partial charge on any atom is -0.481 e. The molecule has 0 atom stereocenters. The van der Waals surface area contributed by atoms with E-state index in [1.165, 1.54) is 11.8 Å². The average Bonchev–Trinajstić information content (AvgIpc) is 2.80. The second-order valence-corrected chi connectivity index (χ2v) is 5.45. The molecule has 1 N–H and O–H groups in total. The molecule has 5 nitrogen and oxygen atoms in total. The number of rotatable bonds is 6. The smallest absolute Gasteiger partial charge is 0.313 e. The number of thioether (sulfide) groups is 1. The van der Waals surface area contributed by atoms with Crippen molar-refractivity contribution in [3.63, 3.8) is 0 Å². The molecule has 1 aromatic heterocycles. The van der Waals surface area contributed by atoms with Crippen molar-refractivity contribution in [1.29, 1.82) is 0 Å². The Morgan fingerprint density at radius 2 is 2.20 bits per heavy atom. The fraction of sp³-hybridized carbons (Fsp3) is 0.357. The fourth-order valence-electron chi connectivity index (χ4n) is 1.94. The second-order valence-electron chi connectivity index (χ2n) is 4.51. The summed E-state index contributed by atoms with van der Waals surface area (Å²) in [6.07, 6.45) is 0.942. The maximum atomic E-state index is 10.7. The highest BCUT2D eigenvalue weighted by atomic mass is 32.2. The summed E-state index contributed by atoms with van der Waals surface area (Å²) in [6.45, 7) is 4.88. The van der Waals surface area contributed by atoms with E-state index in [2.05, 4.69) is 23.2 Å². The molecule has 0 bridgehead atoms. The topological polar surface area (TPSA) is 68.0 Å². The summed E-state index contributed by atoms with van der Waals surface area (Å²) in [6, 6.07) is 8.07. The van der Waals surface area contributed by atoms with Gasteiger partial charge in [0.2, 0.25) is 0 Å². The monoisotopic (exact) mass is 291 g/mol. The van der Waals surface area contributed by atoms with Gasteiger partial charge in [-0.25, -0.2) is 0 Å². The average molecular weight is 291 g/mol. The van der Waals surface area contributed by atoms with E-state index in [-0.39, 0.29) is 5.75 Å². The quantitative estimate of drug-likeness (QED) is 0.829. The number of aliphatic carboxylic acids is 1. The first-order chi connectivity index (χ1) is 9.61. The Morgan fingerprint density at radius 3 is 2.85 bits per heavy atom. The molecule has 0 fully saturated rings. The number of aromatic nitrogens is 3. The number of benzene rings is 1. The summed E-state index contributed by atoms with van der Waals surface area (Å²) < 4.78 is 1.99. The molecule has 0 aliphatic rings. The zero-order valence-corrected chi connectivity index (χ0v) is 12.4. The van der Waals surface area contributed by atoms with Crippen molar-refractivity contribution in [2.24, 2.45) is 0 Å². The van der Waals surface area contributed by atoms with Gasteiger partial charge in [-0.3, -0.25) is 4.79 Å². The first-order valence-corrected chi connectivity index (χ1v) is 7.45. The molecule has 0 aliphatic heterocycles. The zero-order chi connectivity index (χ0) is 14.5. The van der Waals surface area contributed by atoms with E-state index in [4.69, 9.17) is 5.11 Å². The number of carboxylic acids is 1. The molecule has 2 aromatic rings. The molecular weight excluding hydrogens is 274 g/mol. The molecule has 1 aromatic carbocycles. The molecule has 20 heavy (non-hydrogen) atoms. The van der Waals surface area contributed by atoms with Crippen LogP contribution < -0.4 is 0 Å². The van der Waals surface area contributed by atoms with Gasteiger partial charge in [-0.1, -0.05) is 42.4 Å². The molecule has 1 heterocycles. The minimum absolute atomic E-state index is 0.00430. The Hall–Kier alpha value is -1.82. The van der Waals surface area contributed by atoms with E-state index in [1.807, 2.05) is 29.7 Å². The van der Waals surface area contributed by atoms with Gasteiger partial charge < -0.3 is 9.67 Å². The lowest BCUT2D eigenvalue weighted by atomic mass is 10.1. The molecule has 0 amide bonds. The van der Waals surface area contributed by atoms with Crippen LogP contribution in [0.4, 0.5) is 0 Å². The van der Waals surface area contributed by atoms with Crippen LogP contribution in [0, 0.1) is 6.92 Å². The summed E-state index contributed by atoms with van der Waals surface area (Å²) in [5, 5.41) is 17.8. The van der Waals surface area contributed by atoms with Crippen LogP contribution in [-0.2, 0) is 11.3 Å². The van der Waals surface area contributed by atoms with Crippen LogP contribution >= 0.6 is 11.8 Å². The third kappa shape index (κ3) is 3.39. The van der Waals surface area contributed by atoms with Gasteiger partial charge in [-0.05, 0) is 19.4 Å². The van der Waals surface area contributed by atoms with Crippen molar-refractivity contribution in [3.05, 3.63) is 29.8 Å². The van der Waals surface area contributed by atoms with Crippen LogP contribution in [0.15, 0.2) is 29.4 Å². The first-order valence-electron chi connectivity index (χ1n) is 6.46. The number of aryl methyl sites for hydroxylation is 1. The second kappa shape index (κ2) is 6.56. The lowest BCUT2D eigenvalue weighted by Gasteiger charge is -2.08. The molecular formula is C14H17N3O2S. The van der Waals surface area contributed by atoms with Gasteiger partial charge in [0.05, 0.1) is 5.75 Å². The highest BCUT2D eigenvalue weighted by Gasteiger charge is 2.14. The van der Waals surface area contributed by atoms with Gasteiger partial charge in [0.25, 0.3) is 0 Å². The van der Waals surface area contributed by atoms with Crippen LogP contribution in [0.25, 0.3) is 11.4 Å². The van der Waals surface area contributed by atoms with Crippen molar-refractivity contribution in [1.82, 2.24) is 14.8 Å². The van der Waals surface area contributed by atoms with Gasteiger partial charge >= 0.3 is 5.97 Å². The summed E-state index contributed by atoms with van der Waals surface area (Å²) in [7, 11) is 0. The van der Waals surface area contributed by atoms with E-state index in [0.29, 0.717) is 5.16 Å². The third-order valence-electron chi connectivity index (χ3n) is 2.77. The number of nitrogens with zero attached hydrogens (tertiary/aromatic N) is 3. The molecule has 0 unspecified atom stereocenters. The van der Waals surface area contributed by atoms with Gasteiger partial charge in [-0.15, -0.1) is 10.2 Å². The lowest BCUT2D eigenvalue weighted by molar-refractivity contribution is -0.133. The van der Waals surface area contributed by atoms with E-state index in [1.54, 1.807) is 0 Å². The standard InChI is InChI=1S/C14H17N3O2S/c1-3-7-17-13(11-6-4-5-10(2)8-11)15-16-14(17)20-9-12(18)19/h4-6,8H,3,7,9H2,1-2H3,(H,18,19). The Morgan fingerprint density at radius 1 is 1.40 bits per heavy atom. The summed E-state index contributed by atoms with van der Waals surface area (Å²) in [5.74, 6) is -0.0584. The van der Waals surface area contributed by atoms with Crippen LogP contribution in [0.5, 0.6) is 0 Å². The van der Waals surface area contributed by atoms with Crippen molar-refractivity contribution in [2.75, 3.05) is 5.75 Å². The fourth-order valence-corrected chi connectivity index (χ4v) is 2.63. The van der Waals surface area contributed by atoms with Crippen LogP contribution in [-0.4, -0.2) is 31.6 Å². The number of hydrogen-bond acceptors (Lipinski definition) is 4. The Bertz CT molecular complexity index is 610. The number of hydrogen-bond donors (Lipinski definition) is 1. The van der Waals surface area contributed by atoms with Gasteiger partial charge in [0, 0.05) is 12.1 Å². The van der Waals surface area contributed by atoms with E-state index < -0.39 is 5.97 Å². The van der Waals surface area contributed by atoms with Gasteiger partial charge in [-0.2, -0.15) is 0 Å². The summed E-state index contributed by atoms with van der Waals surface area (Å²) in [4.78, 5) is 10.7. The highest BCUT2D eigenvalue weighted by molar-refractivity contribution is 7.99. The van der Waals surface area contributed by atoms with E-state index in [0.717, 1.165) is 29.9 Å².